The highest BCUT2D eigenvalue weighted by atomic mass is 15.1. The van der Waals surface area contributed by atoms with Crippen LogP contribution in [-0.2, 0) is 0 Å². The third-order valence-electron chi connectivity index (χ3n) is 7.54. The average molecular weight is 514 g/mol. The van der Waals surface area contributed by atoms with Crippen molar-refractivity contribution in [2.75, 3.05) is 0 Å². The van der Waals surface area contributed by atoms with Crippen LogP contribution in [0.5, 0.6) is 0 Å². The van der Waals surface area contributed by atoms with E-state index in [0.29, 0.717) is 0 Å². The largest absolute Gasteiger partial charge is 0.276 e. The van der Waals surface area contributed by atoms with Crippen LogP contribution in [0.25, 0.3) is 72.8 Å². The third-order valence-corrected chi connectivity index (χ3v) is 7.54. The van der Waals surface area contributed by atoms with Crippen molar-refractivity contribution in [1.82, 2.24) is 14.5 Å². The van der Waals surface area contributed by atoms with Gasteiger partial charge in [-0.05, 0) is 80.7 Å². The number of allylic oxidation sites excluding steroid dienone is 1. The zero-order valence-electron chi connectivity index (χ0n) is 22.3. The minimum Gasteiger partial charge on any atom is -0.276 e. The molecule has 0 radical (unpaired) electrons. The molecule has 0 N–H and O–H groups in total. The van der Waals surface area contributed by atoms with Crippen LogP contribution in [-0.4, -0.2) is 14.5 Å². The molecule has 0 fully saturated rings. The van der Waals surface area contributed by atoms with Crippen molar-refractivity contribution in [2.24, 2.45) is 0 Å². The summed E-state index contributed by atoms with van der Waals surface area (Å²) in [5.74, 6) is 1.66. The summed E-state index contributed by atoms with van der Waals surface area (Å²) in [4.78, 5) is 9.60. The van der Waals surface area contributed by atoms with Crippen molar-refractivity contribution >= 4 is 44.5 Å². The van der Waals surface area contributed by atoms with E-state index in [-0.39, 0.29) is 0 Å². The maximum absolute atomic E-state index is 4.97. The Labute approximate surface area is 233 Å². The van der Waals surface area contributed by atoms with Gasteiger partial charge in [-0.25, -0.2) is 9.97 Å². The molecule has 0 aliphatic carbocycles. The van der Waals surface area contributed by atoms with Gasteiger partial charge in [-0.2, -0.15) is 0 Å². The Hall–Kier alpha value is -5.28. The number of nitrogens with zero attached hydrogens (tertiary/aromatic N) is 3. The fraction of sp³-hybridized carbons (Fsp3) is 0.0270. The van der Waals surface area contributed by atoms with Gasteiger partial charge in [-0.15, -0.1) is 0 Å². The summed E-state index contributed by atoms with van der Waals surface area (Å²) in [6, 6.07) is 38.8. The Balaban J connectivity index is 1.41. The molecule has 7 rings (SSSR count). The number of rotatable bonds is 5. The first kappa shape index (κ1) is 23.8. The molecule has 0 unspecified atom stereocenters. The van der Waals surface area contributed by atoms with Crippen LogP contribution in [0.3, 0.4) is 0 Å². The van der Waals surface area contributed by atoms with E-state index in [1.165, 1.54) is 43.4 Å². The van der Waals surface area contributed by atoms with E-state index in [4.69, 9.17) is 4.98 Å². The molecular weight excluding hydrogens is 486 g/mol. The van der Waals surface area contributed by atoms with E-state index in [2.05, 4.69) is 113 Å². The number of imidazole rings is 1. The molecular formula is C37H27N3. The molecule has 0 aliphatic rings. The number of hydrogen-bond donors (Lipinski definition) is 0. The predicted molar refractivity (Wildman–Crippen MR) is 170 cm³/mol. The normalized spacial score (nSPS) is 11.6. The second kappa shape index (κ2) is 9.79. The predicted octanol–water partition coefficient (Wildman–Crippen LogP) is 9.74. The minimum atomic E-state index is 0.822. The molecule has 190 valence electrons. The van der Waals surface area contributed by atoms with Crippen LogP contribution in [0.15, 0.2) is 128 Å². The van der Waals surface area contributed by atoms with Gasteiger partial charge >= 0.3 is 0 Å². The molecule has 40 heavy (non-hydrogen) atoms. The average Bonchev–Trinajstić information content (AvgIpc) is 3.39. The molecule has 0 spiro atoms. The zero-order chi connectivity index (χ0) is 27.1. The first-order chi connectivity index (χ1) is 19.8. The second-order valence-corrected chi connectivity index (χ2v) is 9.87. The van der Waals surface area contributed by atoms with Gasteiger partial charge in [-0.1, -0.05) is 104 Å². The summed E-state index contributed by atoms with van der Waals surface area (Å²) >= 11 is 0. The van der Waals surface area contributed by atoms with Gasteiger partial charge in [0, 0.05) is 11.8 Å². The standard InChI is InChI=1S/C37H27N3/c1-3-11-34-33(4-2)39-37(40(34)35-16-9-10-23-38-35)27-20-17-26(18-21-27)32-24-28-22-19-25-12-5-6-13-29(25)36(28)31-15-8-7-14-30(31)32/h3-24H,2H2,1H3. The summed E-state index contributed by atoms with van der Waals surface area (Å²) in [7, 11) is 0. The lowest BCUT2D eigenvalue weighted by Gasteiger charge is -2.14. The third kappa shape index (κ3) is 3.83. The summed E-state index contributed by atoms with van der Waals surface area (Å²) in [6.45, 7) is 6.02. The molecule has 3 heteroatoms. The highest BCUT2D eigenvalue weighted by Crippen LogP contribution is 2.39. The maximum Gasteiger partial charge on any atom is 0.146 e. The van der Waals surface area contributed by atoms with E-state index in [1.807, 2.05) is 37.4 Å². The molecule has 7 aromatic rings. The van der Waals surface area contributed by atoms with Crippen molar-refractivity contribution in [3.05, 3.63) is 139 Å². The van der Waals surface area contributed by atoms with Gasteiger partial charge in [0.05, 0.1) is 11.4 Å². The summed E-state index contributed by atoms with van der Waals surface area (Å²) < 4.78 is 2.10. The van der Waals surface area contributed by atoms with Gasteiger partial charge in [0.2, 0.25) is 0 Å². The first-order valence-corrected chi connectivity index (χ1v) is 13.5. The lowest BCUT2D eigenvalue weighted by atomic mass is 9.90. The molecule has 0 amide bonds. The second-order valence-electron chi connectivity index (χ2n) is 9.87. The number of benzene rings is 5. The van der Waals surface area contributed by atoms with Gasteiger partial charge in [0.15, 0.2) is 0 Å². The van der Waals surface area contributed by atoms with Crippen molar-refractivity contribution < 1.29 is 0 Å². The maximum atomic E-state index is 4.97. The van der Waals surface area contributed by atoms with E-state index >= 15 is 0 Å². The van der Waals surface area contributed by atoms with Gasteiger partial charge in [0.25, 0.3) is 0 Å². The van der Waals surface area contributed by atoms with E-state index in [0.717, 1.165) is 28.6 Å². The molecule has 0 bridgehead atoms. The van der Waals surface area contributed by atoms with Crippen LogP contribution in [0, 0.1) is 0 Å². The fourth-order valence-electron chi connectivity index (χ4n) is 5.75. The smallest absolute Gasteiger partial charge is 0.146 e. The molecule has 0 saturated heterocycles. The Bertz CT molecular complexity index is 2060. The van der Waals surface area contributed by atoms with Crippen LogP contribution in [0.4, 0.5) is 0 Å². The molecule has 5 aromatic carbocycles. The van der Waals surface area contributed by atoms with Gasteiger partial charge in [0.1, 0.15) is 11.6 Å². The Morgan fingerprint density at radius 2 is 1.40 bits per heavy atom. The SMILES string of the molecule is C=Cc1nc(-c2ccc(-c3cc4ccc5ccccc5c4c4ccccc34)cc2)n(-c2ccccn2)c1C=CC. The Morgan fingerprint density at radius 3 is 2.15 bits per heavy atom. The fourth-order valence-corrected chi connectivity index (χ4v) is 5.75. The van der Waals surface area contributed by atoms with Crippen molar-refractivity contribution in [1.29, 1.82) is 0 Å². The molecule has 0 atom stereocenters. The van der Waals surface area contributed by atoms with Gasteiger partial charge < -0.3 is 0 Å². The number of hydrogen-bond acceptors (Lipinski definition) is 2. The molecule has 2 heterocycles. The minimum absolute atomic E-state index is 0.822. The van der Waals surface area contributed by atoms with E-state index < -0.39 is 0 Å². The molecule has 0 saturated carbocycles. The van der Waals surface area contributed by atoms with Crippen LogP contribution < -0.4 is 0 Å². The highest BCUT2D eigenvalue weighted by molar-refractivity contribution is 6.23. The van der Waals surface area contributed by atoms with Crippen LogP contribution >= 0.6 is 0 Å². The topological polar surface area (TPSA) is 30.7 Å². The Morgan fingerprint density at radius 1 is 0.700 bits per heavy atom. The Kier molecular flexibility index (Phi) is 5.83. The van der Waals surface area contributed by atoms with E-state index in [1.54, 1.807) is 6.08 Å². The first-order valence-electron chi connectivity index (χ1n) is 13.5. The lowest BCUT2D eigenvalue weighted by Crippen LogP contribution is -2.02. The van der Waals surface area contributed by atoms with Gasteiger partial charge in [-0.3, -0.25) is 4.57 Å². The van der Waals surface area contributed by atoms with E-state index in [9.17, 15) is 0 Å². The molecule has 0 aliphatic heterocycles. The lowest BCUT2D eigenvalue weighted by molar-refractivity contribution is 0.991. The van der Waals surface area contributed by atoms with Crippen molar-refractivity contribution in [3.8, 4) is 28.3 Å². The summed E-state index contributed by atoms with van der Waals surface area (Å²) in [5, 5.41) is 7.62. The van der Waals surface area contributed by atoms with Crippen molar-refractivity contribution in [3.63, 3.8) is 0 Å². The van der Waals surface area contributed by atoms with Crippen LogP contribution in [0.1, 0.15) is 18.3 Å². The quantitative estimate of drug-likeness (QED) is 0.214. The van der Waals surface area contributed by atoms with Crippen molar-refractivity contribution in [2.45, 2.75) is 6.92 Å². The number of aromatic nitrogens is 3. The molecule has 3 nitrogen and oxygen atoms in total. The zero-order valence-corrected chi connectivity index (χ0v) is 22.3. The monoisotopic (exact) mass is 513 g/mol. The highest BCUT2D eigenvalue weighted by Gasteiger charge is 2.18. The number of pyridine rings is 1. The van der Waals surface area contributed by atoms with Crippen LogP contribution in [0.2, 0.25) is 0 Å². The summed E-state index contributed by atoms with van der Waals surface area (Å²) in [5.41, 5.74) is 5.20. The number of fused-ring (bicyclic) bond motifs is 5. The molecule has 2 aromatic heterocycles. The summed E-state index contributed by atoms with van der Waals surface area (Å²) in [6.07, 6.45) is 7.69.